The average Bonchev–Trinajstić information content (AvgIpc) is 3.33. The lowest BCUT2D eigenvalue weighted by molar-refractivity contribution is 0.613. The van der Waals surface area contributed by atoms with Crippen LogP contribution in [0.15, 0.2) is 29.3 Å². The predicted molar refractivity (Wildman–Crippen MR) is 130 cm³/mol. The molecule has 1 aliphatic heterocycles. The van der Waals surface area contributed by atoms with E-state index in [9.17, 15) is 5.26 Å². The number of hydrogen-bond donors (Lipinski definition) is 3. The molecule has 1 saturated heterocycles. The Morgan fingerprint density at radius 2 is 2.13 bits per heavy atom. The smallest absolute Gasteiger partial charge is 0.191 e. The van der Waals surface area contributed by atoms with Gasteiger partial charge in [0.15, 0.2) is 5.96 Å². The number of nitrogens with one attached hydrogen (secondary N) is 2. The highest BCUT2D eigenvalue weighted by Crippen LogP contribution is 2.37. The molecule has 0 aliphatic carbocycles. The molecule has 0 amide bonds. The number of guanidine groups is 1. The summed E-state index contributed by atoms with van der Waals surface area (Å²) in [6, 6.07) is 10.2. The number of nitrogens with two attached hydrogens (primary N) is 1. The lowest BCUT2D eigenvalue weighted by atomic mass is 10.1. The molecule has 166 valence electrons. The molecule has 1 aromatic heterocycles. The van der Waals surface area contributed by atoms with Crippen LogP contribution in [-0.2, 0) is 6.42 Å². The van der Waals surface area contributed by atoms with E-state index in [0.29, 0.717) is 17.8 Å². The third kappa shape index (κ3) is 5.95. The van der Waals surface area contributed by atoms with Gasteiger partial charge in [-0.25, -0.2) is 4.68 Å². The first-order chi connectivity index (χ1) is 15.0. The molecule has 0 bridgehead atoms. The number of hydrogen-bond acceptors (Lipinski definition) is 5. The molecule has 2 heterocycles. The van der Waals surface area contributed by atoms with Crippen molar-refractivity contribution in [2.75, 3.05) is 31.1 Å². The maximum atomic E-state index is 9.59. The number of aryl methyl sites for hydroxylation is 2. The van der Waals surface area contributed by atoms with Gasteiger partial charge in [0.1, 0.15) is 17.5 Å². The number of aromatic nitrogens is 2. The van der Waals surface area contributed by atoms with Crippen LogP contribution < -0.4 is 16.4 Å². The van der Waals surface area contributed by atoms with Gasteiger partial charge in [0.2, 0.25) is 0 Å². The second-order valence-electron chi connectivity index (χ2n) is 8.19. The van der Waals surface area contributed by atoms with Gasteiger partial charge in [-0.05, 0) is 64.3 Å². The van der Waals surface area contributed by atoms with Crippen molar-refractivity contribution in [3.8, 4) is 11.8 Å². The van der Waals surface area contributed by atoms with E-state index in [-0.39, 0.29) is 4.75 Å². The second kappa shape index (κ2) is 10.6. The minimum Gasteiger partial charge on any atom is -0.382 e. The lowest BCUT2D eigenvalue weighted by Crippen LogP contribution is -2.39. The topological polar surface area (TPSA) is 104 Å². The molecule has 31 heavy (non-hydrogen) atoms. The normalized spacial score (nSPS) is 18.7. The Bertz CT molecular complexity index is 934. The quantitative estimate of drug-likeness (QED) is 0.331. The van der Waals surface area contributed by atoms with E-state index in [2.05, 4.69) is 35.6 Å². The maximum Gasteiger partial charge on any atom is 0.191 e. The largest absolute Gasteiger partial charge is 0.382 e. The standard InChI is InChI=1S/C23H33N7S/c1-4-26-22(28-16-23(3)12-6-14-31-23)27-13-5-7-20-19(15-24)21(25)30(29-20)18-10-8-17(2)9-11-18/h8-11H,4-7,12-14,16,25H2,1-3H3,(H2,26,27,28). The van der Waals surface area contributed by atoms with Crippen LogP contribution in [0, 0.1) is 18.3 Å². The summed E-state index contributed by atoms with van der Waals surface area (Å²) < 4.78 is 1.91. The fourth-order valence-electron chi connectivity index (χ4n) is 3.67. The first-order valence-corrected chi connectivity index (χ1v) is 11.9. The van der Waals surface area contributed by atoms with Crippen molar-refractivity contribution >= 4 is 23.5 Å². The number of nitrogen functional groups attached to an aromatic ring is 1. The molecule has 4 N–H and O–H groups in total. The fourth-order valence-corrected chi connectivity index (χ4v) is 4.90. The minimum atomic E-state index is 0.254. The SMILES string of the molecule is CCNC(=NCC1(C)CCCS1)NCCCc1nn(-c2ccc(C)cc2)c(N)c1C#N. The average molecular weight is 440 g/mol. The Morgan fingerprint density at radius 1 is 1.35 bits per heavy atom. The van der Waals surface area contributed by atoms with Gasteiger partial charge >= 0.3 is 0 Å². The molecule has 1 aromatic carbocycles. The first-order valence-electron chi connectivity index (χ1n) is 11.0. The molecule has 0 radical (unpaired) electrons. The molecular weight excluding hydrogens is 406 g/mol. The van der Waals surface area contributed by atoms with Gasteiger partial charge in [-0.1, -0.05) is 17.7 Å². The summed E-state index contributed by atoms with van der Waals surface area (Å²) in [7, 11) is 0. The Balaban J connectivity index is 1.59. The van der Waals surface area contributed by atoms with Crippen LogP contribution in [0.1, 0.15) is 49.9 Å². The summed E-state index contributed by atoms with van der Waals surface area (Å²) in [6.07, 6.45) is 4.00. The number of benzene rings is 1. The van der Waals surface area contributed by atoms with Gasteiger partial charge in [-0.2, -0.15) is 22.1 Å². The Kier molecular flexibility index (Phi) is 7.85. The molecule has 2 aromatic rings. The Hall–Kier alpha value is -2.66. The van der Waals surface area contributed by atoms with Gasteiger partial charge in [0.25, 0.3) is 0 Å². The zero-order valence-corrected chi connectivity index (χ0v) is 19.6. The van der Waals surface area contributed by atoms with Crippen molar-refractivity contribution in [3.63, 3.8) is 0 Å². The maximum absolute atomic E-state index is 9.59. The van der Waals surface area contributed by atoms with Crippen LogP contribution in [0.2, 0.25) is 0 Å². The molecule has 0 spiro atoms. The summed E-state index contributed by atoms with van der Waals surface area (Å²) >= 11 is 2.02. The monoisotopic (exact) mass is 439 g/mol. The molecule has 8 heteroatoms. The molecule has 1 unspecified atom stereocenters. The summed E-state index contributed by atoms with van der Waals surface area (Å²) in [5.41, 5.74) is 9.45. The number of anilines is 1. The van der Waals surface area contributed by atoms with Crippen molar-refractivity contribution in [2.45, 2.75) is 51.2 Å². The van der Waals surface area contributed by atoms with E-state index >= 15 is 0 Å². The molecule has 1 fully saturated rings. The van der Waals surface area contributed by atoms with E-state index in [1.807, 2.05) is 43.0 Å². The van der Waals surface area contributed by atoms with Crippen molar-refractivity contribution in [2.24, 2.45) is 4.99 Å². The van der Waals surface area contributed by atoms with E-state index in [1.54, 1.807) is 4.68 Å². The Labute approximate surface area is 189 Å². The van der Waals surface area contributed by atoms with Crippen molar-refractivity contribution in [3.05, 3.63) is 41.1 Å². The van der Waals surface area contributed by atoms with Gasteiger partial charge in [0.05, 0.1) is 17.9 Å². The predicted octanol–water partition coefficient (Wildman–Crippen LogP) is 3.41. The van der Waals surface area contributed by atoms with Crippen LogP contribution in [-0.4, -0.2) is 45.9 Å². The summed E-state index contributed by atoms with van der Waals surface area (Å²) in [5, 5.41) is 20.9. The number of rotatable bonds is 8. The molecule has 1 atom stereocenters. The van der Waals surface area contributed by atoms with Crippen molar-refractivity contribution in [1.82, 2.24) is 20.4 Å². The van der Waals surface area contributed by atoms with Gasteiger partial charge in [0, 0.05) is 17.8 Å². The van der Waals surface area contributed by atoms with Crippen LogP contribution in [0.4, 0.5) is 5.82 Å². The van der Waals surface area contributed by atoms with E-state index in [1.165, 1.54) is 24.2 Å². The second-order valence-corrected chi connectivity index (χ2v) is 9.88. The van der Waals surface area contributed by atoms with Crippen LogP contribution in [0.3, 0.4) is 0 Å². The third-order valence-corrected chi connectivity index (χ3v) is 7.01. The van der Waals surface area contributed by atoms with Gasteiger partial charge in [-0.3, -0.25) is 4.99 Å². The number of nitriles is 1. The van der Waals surface area contributed by atoms with Gasteiger partial charge < -0.3 is 16.4 Å². The zero-order valence-electron chi connectivity index (χ0n) is 18.7. The van der Waals surface area contributed by atoms with E-state index < -0.39 is 0 Å². The van der Waals surface area contributed by atoms with E-state index in [4.69, 9.17) is 10.7 Å². The van der Waals surface area contributed by atoms with Crippen LogP contribution in [0.25, 0.3) is 5.69 Å². The highest BCUT2D eigenvalue weighted by molar-refractivity contribution is 8.00. The molecular formula is C23H33N7S. The zero-order chi connectivity index (χ0) is 22.3. The number of nitrogens with zero attached hydrogens (tertiary/aromatic N) is 4. The highest BCUT2D eigenvalue weighted by Gasteiger charge is 2.29. The summed E-state index contributed by atoms with van der Waals surface area (Å²) in [4.78, 5) is 4.79. The fraction of sp³-hybridized carbons (Fsp3) is 0.522. The Morgan fingerprint density at radius 3 is 2.77 bits per heavy atom. The van der Waals surface area contributed by atoms with Crippen LogP contribution >= 0.6 is 11.8 Å². The van der Waals surface area contributed by atoms with Crippen molar-refractivity contribution in [1.29, 1.82) is 5.26 Å². The summed E-state index contributed by atoms with van der Waals surface area (Å²) in [5.74, 6) is 2.48. The molecule has 0 saturated carbocycles. The molecule has 3 rings (SSSR count). The minimum absolute atomic E-state index is 0.254. The molecule has 1 aliphatic rings. The molecule has 7 nitrogen and oxygen atoms in total. The van der Waals surface area contributed by atoms with Gasteiger partial charge in [-0.15, -0.1) is 0 Å². The number of aliphatic imine (C=N–C) groups is 1. The lowest BCUT2D eigenvalue weighted by Gasteiger charge is -2.21. The van der Waals surface area contributed by atoms with E-state index in [0.717, 1.165) is 43.4 Å². The third-order valence-electron chi connectivity index (χ3n) is 5.48. The number of thioether (sulfide) groups is 1. The van der Waals surface area contributed by atoms with Crippen molar-refractivity contribution < 1.29 is 0 Å². The summed E-state index contributed by atoms with van der Waals surface area (Å²) in [6.45, 7) is 8.80. The van der Waals surface area contributed by atoms with Crippen LogP contribution in [0.5, 0.6) is 0 Å². The highest BCUT2D eigenvalue weighted by atomic mass is 32.2. The first kappa shape index (κ1) is 23.0.